The third kappa shape index (κ3) is 0.900. The molecule has 5 heteroatoms. The lowest BCUT2D eigenvalue weighted by molar-refractivity contribution is 0.306. The Kier molecular flexibility index (Phi) is 1.51. The first-order valence-electron chi connectivity index (χ1n) is 3.61. The van der Waals surface area contributed by atoms with Crippen LogP contribution in [0.1, 0.15) is 0 Å². The van der Waals surface area contributed by atoms with Crippen molar-refractivity contribution in [3.63, 3.8) is 0 Å². The van der Waals surface area contributed by atoms with Crippen LogP contribution in [-0.2, 0) is 0 Å². The molecule has 0 aliphatic heterocycles. The van der Waals surface area contributed by atoms with Gasteiger partial charge >= 0.3 is 0 Å². The van der Waals surface area contributed by atoms with Gasteiger partial charge in [-0.15, -0.1) is 4.79 Å². The Hall–Kier alpha value is -1.91. The number of fused-ring (bicyclic) bond motifs is 1. The molecule has 0 aliphatic rings. The Labute approximate surface area is 72.7 Å². The molecule has 0 aliphatic carbocycles. The molecule has 0 spiro atoms. The van der Waals surface area contributed by atoms with Crippen LogP contribution in [-0.4, -0.2) is 9.90 Å². The molecule has 1 heterocycles. The lowest BCUT2D eigenvalue weighted by atomic mass is 10.2. The van der Waals surface area contributed by atoms with Crippen LogP contribution >= 0.6 is 0 Å². The highest BCUT2D eigenvalue weighted by Gasteiger charge is 2.15. The van der Waals surface area contributed by atoms with Crippen molar-refractivity contribution in [2.75, 3.05) is 0 Å². The van der Waals surface area contributed by atoms with Gasteiger partial charge in [-0.2, -0.15) is 5.11 Å². The fraction of sp³-hybridized carbons (Fsp3) is 0. The zero-order valence-electron chi connectivity index (χ0n) is 6.53. The summed E-state index contributed by atoms with van der Waals surface area (Å²) in [5.41, 5.74) is 6.94. The number of benzene rings is 1. The molecule has 0 bridgehead atoms. The second-order valence-electron chi connectivity index (χ2n) is 2.58. The van der Waals surface area contributed by atoms with Crippen molar-refractivity contribution in [3.05, 3.63) is 24.3 Å². The Morgan fingerprint density at radius 2 is 2.08 bits per heavy atom. The number of halogens is 1. The van der Waals surface area contributed by atoms with Crippen molar-refractivity contribution in [1.29, 1.82) is 5.53 Å². The van der Waals surface area contributed by atoms with Crippen LogP contribution in [0.5, 0.6) is 5.88 Å². The summed E-state index contributed by atoms with van der Waals surface area (Å²) < 4.78 is 13.1. The first-order valence-corrected chi connectivity index (χ1v) is 3.61. The highest BCUT2D eigenvalue weighted by molar-refractivity contribution is 5.94. The molecule has 2 N–H and O–H groups in total. The van der Waals surface area contributed by atoms with Crippen molar-refractivity contribution < 1.29 is 9.59 Å². The number of para-hydroxylation sites is 1. The lowest BCUT2D eigenvalue weighted by Crippen LogP contribution is -1.77. The van der Waals surface area contributed by atoms with E-state index < -0.39 is 5.88 Å². The molecular formula is C8H6FN3O. The van der Waals surface area contributed by atoms with Crippen LogP contribution in [0, 0.1) is 5.53 Å². The smallest absolute Gasteiger partial charge is 0.249 e. The molecule has 13 heavy (non-hydrogen) atoms. The summed E-state index contributed by atoms with van der Waals surface area (Å²) in [4.78, 5) is 0.114. The van der Waals surface area contributed by atoms with Gasteiger partial charge in [0.15, 0.2) is 5.69 Å². The van der Waals surface area contributed by atoms with Crippen LogP contribution in [0.15, 0.2) is 29.4 Å². The van der Waals surface area contributed by atoms with Gasteiger partial charge in [0.05, 0.1) is 5.52 Å². The van der Waals surface area contributed by atoms with Crippen LogP contribution in [0.3, 0.4) is 0 Å². The van der Waals surface area contributed by atoms with E-state index in [-0.39, 0.29) is 16.0 Å². The highest BCUT2D eigenvalue weighted by Crippen LogP contribution is 2.37. The van der Waals surface area contributed by atoms with Gasteiger partial charge in [-0.1, -0.05) is 22.7 Å². The summed E-state index contributed by atoms with van der Waals surface area (Å²) in [5.74, 6) is -0.629. The monoisotopic (exact) mass is 179 g/mol. The minimum Gasteiger partial charge on any atom is -0.491 e. The second kappa shape index (κ2) is 2.55. The highest BCUT2D eigenvalue weighted by atomic mass is 19.2. The summed E-state index contributed by atoms with van der Waals surface area (Å²) in [6, 6.07) is 6.43. The van der Waals surface area contributed by atoms with Gasteiger partial charge in [0.1, 0.15) is 0 Å². The normalized spacial score (nSPS) is 10.5. The van der Waals surface area contributed by atoms with E-state index >= 15 is 0 Å². The molecule has 1 aromatic heterocycles. The van der Waals surface area contributed by atoms with E-state index in [2.05, 4.69) is 5.11 Å². The predicted octanol–water partition coefficient (Wildman–Crippen LogP) is 2.74. The quantitative estimate of drug-likeness (QED) is 0.649. The number of aromatic hydroxyl groups is 1. The molecule has 0 saturated heterocycles. The van der Waals surface area contributed by atoms with Crippen molar-refractivity contribution in [1.82, 2.24) is 4.79 Å². The summed E-state index contributed by atoms with van der Waals surface area (Å²) in [6.45, 7) is 0. The maximum atomic E-state index is 13.1. The third-order valence-electron chi connectivity index (χ3n) is 1.88. The average molecular weight is 179 g/mol. The molecule has 0 saturated carbocycles. The van der Waals surface area contributed by atoms with Crippen molar-refractivity contribution in [2.45, 2.75) is 0 Å². The van der Waals surface area contributed by atoms with E-state index in [0.717, 1.165) is 0 Å². The molecule has 66 valence electrons. The predicted molar refractivity (Wildman–Crippen MR) is 44.9 cm³/mol. The SMILES string of the molecule is N=Nc1c(O)n(F)c2ccccc12. The molecule has 0 radical (unpaired) electrons. The first-order chi connectivity index (χ1) is 6.25. The zero-order valence-corrected chi connectivity index (χ0v) is 6.53. The standard InChI is InChI=1S/C8H6FN3O/c9-12-6-4-2-1-3-5(6)7(11-10)8(12)13/h1-4,10,13H. The Morgan fingerprint density at radius 1 is 1.38 bits per heavy atom. The maximum Gasteiger partial charge on any atom is 0.249 e. The third-order valence-corrected chi connectivity index (χ3v) is 1.88. The molecule has 0 atom stereocenters. The number of nitrogens with one attached hydrogen (secondary N) is 1. The first kappa shape index (κ1) is 7.72. The second-order valence-corrected chi connectivity index (χ2v) is 2.58. The fourth-order valence-corrected chi connectivity index (χ4v) is 1.28. The van der Waals surface area contributed by atoms with Crippen molar-refractivity contribution in [3.8, 4) is 5.88 Å². The molecule has 0 amide bonds. The minimum atomic E-state index is -0.629. The number of nitrogens with zero attached hydrogens (tertiary/aromatic N) is 2. The maximum absolute atomic E-state index is 13.1. The van der Waals surface area contributed by atoms with Gasteiger partial charge in [-0.25, -0.2) is 5.53 Å². The Morgan fingerprint density at radius 3 is 2.77 bits per heavy atom. The molecule has 4 nitrogen and oxygen atoms in total. The van der Waals surface area contributed by atoms with Gasteiger partial charge in [0, 0.05) is 5.39 Å². The topological polar surface area (TPSA) is 61.4 Å². The molecular weight excluding hydrogens is 173 g/mol. The minimum absolute atomic E-state index is 0.0434. The van der Waals surface area contributed by atoms with Gasteiger partial charge in [0.2, 0.25) is 5.88 Å². The van der Waals surface area contributed by atoms with Crippen LogP contribution in [0.2, 0.25) is 0 Å². The molecule has 0 fully saturated rings. The van der Waals surface area contributed by atoms with E-state index in [1.165, 1.54) is 6.07 Å². The zero-order chi connectivity index (χ0) is 9.42. The Bertz CT molecular complexity index is 477. The van der Waals surface area contributed by atoms with Crippen molar-refractivity contribution >= 4 is 16.6 Å². The summed E-state index contributed by atoms with van der Waals surface area (Å²) in [5, 5.41) is 12.7. The summed E-state index contributed by atoms with van der Waals surface area (Å²) in [6.07, 6.45) is 0. The molecule has 0 unspecified atom stereocenters. The van der Waals surface area contributed by atoms with Gasteiger partial charge < -0.3 is 5.11 Å². The number of aromatic nitrogens is 1. The molecule has 1 aromatic carbocycles. The van der Waals surface area contributed by atoms with Gasteiger partial charge in [0.25, 0.3) is 0 Å². The van der Waals surface area contributed by atoms with Crippen LogP contribution in [0.4, 0.5) is 10.2 Å². The van der Waals surface area contributed by atoms with E-state index in [4.69, 9.17) is 5.53 Å². The fourth-order valence-electron chi connectivity index (χ4n) is 1.28. The summed E-state index contributed by atoms with van der Waals surface area (Å²) in [7, 11) is 0. The van der Waals surface area contributed by atoms with Crippen LogP contribution in [0.25, 0.3) is 10.9 Å². The Balaban J connectivity index is 2.98. The van der Waals surface area contributed by atoms with E-state index in [1.54, 1.807) is 18.2 Å². The molecule has 2 rings (SSSR count). The largest absolute Gasteiger partial charge is 0.491 e. The van der Waals surface area contributed by atoms with E-state index in [0.29, 0.717) is 5.39 Å². The molecule has 2 aromatic rings. The van der Waals surface area contributed by atoms with Crippen molar-refractivity contribution in [2.24, 2.45) is 5.11 Å². The summed E-state index contributed by atoms with van der Waals surface area (Å²) >= 11 is 0. The van der Waals surface area contributed by atoms with Gasteiger partial charge in [-0.05, 0) is 6.07 Å². The number of hydrogen-bond donors (Lipinski definition) is 2. The average Bonchev–Trinajstić information content (AvgIpc) is 2.41. The lowest BCUT2D eigenvalue weighted by Gasteiger charge is -1.89. The van der Waals surface area contributed by atoms with Crippen LogP contribution < -0.4 is 0 Å². The van der Waals surface area contributed by atoms with Gasteiger partial charge in [-0.3, -0.25) is 0 Å². The number of rotatable bonds is 1. The van der Waals surface area contributed by atoms with E-state index in [1.807, 2.05) is 0 Å². The number of hydrogen-bond acceptors (Lipinski definition) is 3. The van der Waals surface area contributed by atoms with E-state index in [9.17, 15) is 9.59 Å².